The number of carbonyl (C=O) groups excluding carboxylic acids is 2. The van der Waals surface area contributed by atoms with Crippen LogP contribution in [0.25, 0.3) is 0 Å². The van der Waals surface area contributed by atoms with Gasteiger partial charge in [0.25, 0.3) is 0 Å². The van der Waals surface area contributed by atoms with E-state index in [2.05, 4.69) is 11.0 Å². The van der Waals surface area contributed by atoms with Crippen LogP contribution in [0.1, 0.15) is 54.4 Å². The number of benzene rings is 3. The fourth-order valence-electron chi connectivity index (χ4n) is 7.03. The Balaban J connectivity index is 1.41. The molecule has 3 aromatic rings. The van der Waals surface area contributed by atoms with Gasteiger partial charge in [0.2, 0.25) is 5.91 Å². The summed E-state index contributed by atoms with van der Waals surface area (Å²) in [5.74, 6) is -0.281. The molecule has 0 bridgehead atoms. The van der Waals surface area contributed by atoms with Gasteiger partial charge in [0.15, 0.2) is 0 Å². The molecule has 3 aromatic carbocycles. The maximum atomic E-state index is 13.8. The minimum absolute atomic E-state index is 0.194. The molecule has 0 saturated carbocycles. The number of carbonyl (C=O) groups is 2. The van der Waals surface area contributed by atoms with Gasteiger partial charge in [-0.05, 0) is 93.2 Å². The zero-order chi connectivity index (χ0) is 35.6. The van der Waals surface area contributed by atoms with E-state index in [0.717, 1.165) is 42.0 Å². The Kier molecular flexibility index (Phi) is 11.4. The fourth-order valence-corrected chi connectivity index (χ4v) is 9.22. The number of likely N-dealkylation sites (tertiary alicyclic amines) is 1. The van der Waals surface area contributed by atoms with Gasteiger partial charge in [-0.25, -0.2) is 4.79 Å². The molecule has 1 fully saturated rings. The second-order valence-corrected chi connectivity index (χ2v) is 15.6. The molecule has 2 aliphatic heterocycles. The molecule has 2 aliphatic rings. The van der Waals surface area contributed by atoms with Crippen molar-refractivity contribution in [2.24, 2.45) is 0 Å². The number of amides is 2. The molecule has 1 spiro atoms. The number of hydrogen-bond donors (Lipinski definition) is 0. The average molecular weight is 739 g/mol. The van der Waals surface area contributed by atoms with Crippen LogP contribution in [-0.4, -0.2) is 77.4 Å². The van der Waals surface area contributed by atoms with Gasteiger partial charge in [-0.3, -0.25) is 13.9 Å². The number of hydrogen-bond acceptors (Lipinski definition) is 5. The van der Waals surface area contributed by atoms with Crippen molar-refractivity contribution >= 4 is 46.0 Å². The maximum Gasteiger partial charge on any atom is 0.415 e. The van der Waals surface area contributed by atoms with Crippen molar-refractivity contribution in [3.05, 3.63) is 99.0 Å². The molecule has 0 radical (unpaired) electrons. The average Bonchev–Trinajstić information content (AvgIpc) is 3.32. The van der Waals surface area contributed by atoms with Crippen LogP contribution in [0.5, 0.6) is 5.75 Å². The highest BCUT2D eigenvalue weighted by molar-refractivity contribution is 7.85. The Bertz CT molecular complexity index is 1700. The van der Waals surface area contributed by atoms with Gasteiger partial charge in [-0.2, -0.15) is 13.2 Å². The van der Waals surface area contributed by atoms with Crippen LogP contribution >= 0.6 is 23.2 Å². The van der Waals surface area contributed by atoms with Gasteiger partial charge < -0.3 is 14.5 Å². The summed E-state index contributed by atoms with van der Waals surface area (Å²) in [4.78, 5) is 31.3. The Labute approximate surface area is 297 Å². The number of piperidine rings is 1. The van der Waals surface area contributed by atoms with E-state index in [-0.39, 0.29) is 27.8 Å². The van der Waals surface area contributed by atoms with Crippen molar-refractivity contribution in [2.45, 2.75) is 61.2 Å². The minimum Gasteiger partial charge on any atom is -0.410 e. The lowest BCUT2D eigenvalue weighted by Crippen LogP contribution is -2.55. The highest BCUT2D eigenvalue weighted by atomic mass is 35.5. The predicted octanol–water partition coefficient (Wildman–Crippen LogP) is 8.07. The third kappa shape index (κ3) is 8.27. The maximum absolute atomic E-state index is 13.8. The zero-order valence-corrected chi connectivity index (χ0v) is 30.0. The fraction of sp³-hybridized carbons (Fsp3) is 0.444. The monoisotopic (exact) mass is 737 g/mol. The molecule has 49 heavy (non-hydrogen) atoms. The second kappa shape index (κ2) is 15.0. The molecule has 0 aliphatic carbocycles. The first kappa shape index (κ1) is 37.1. The van der Waals surface area contributed by atoms with Crippen molar-refractivity contribution in [3.63, 3.8) is 0 Å². The highest BCUT2D eigenvalue weighted by Crippen LogP contribution is 2.47. The van der Waals surface area contributed by atoms with Crippen LogP contribution in [0.4, 0.5) is 18.0 Å². The van der Waals surface area contributed by atoms with E-state index in [1.54, 1.807) is 42.5 Å². The lowest BCUT2D eigenvalue weighted by molar-refractivity contribution is -0.161. The van der Waals surface area contributed by atoms with Gasteiger partial charge in [0.05, 0.1) is 20.3 Å². The van der Waals surface area contributed by atoms with Crippen molar-refractivity contribution < 1.29 is 31.7 Å². The molecule has 7 nitrogen and oxygen atoms in total. The van der Waals surface area contributed by atoms with Crippen LogP contribution in [0.15, 0.2) is 66.7 Å². The van der Waals surface area contributed by atoms with E-state index in [1.165, 1.54) is 24.6 Å². The summed E-state index contributed by atoms with van der Waals surface area (Å²) in [5, 5.41) is 0.457. The molecular weight excluding hydrogens is 698 g/mol. The normalized spacial score (nSPS) is 18.5. The van der Waals surface area contributed by atoms with Gasteiger partial charge in [0, 0.05) is 37.2 Å². The molecular formula is C36H40Cl2F3N3O4S. The molecule has 264 valence electrons. The van der Waals surface area contributed by atoms with Gasteiger partial charge in [-0.1, -0.05) is 71.2 Å². The van der Waals surface area contributed by atoms with Crippen LogP contribution in [-0.2, 0) is 31.6 Å². The van der Waals surface area contributed by atoms with E-state index in [9.17, 15) is 27.0 Å². The van der Waals surface area contributed by atoms with Crippen molar-refractivity contribution in [1.29, 1.82) is 0 Å². The summed E-state index contributed by atoms with van der Waals surface area (Å²) in [7, 11) is 1.80. The molecule has 2 amide bonds. The van der Waals surface area contributed by atoms with Gasteiger partial charge >= 0.3 is 12.3 Å². The van der Waals surface area contributed by atoms with E-state index in [0.29, 0.717) is 30.0 Å². The van der Waals surface area contributed by atoms with Crippen LogP contribution < -0.4 is 4.74 Å². The standard InChI is InChI=1S/C36H40Cl2F3N3O4S/c1-25-9-12-28(13-10-25)48-33(46)43(3)34(27-11-14-30(37)31(38)21-27,24-42(2)32(45)22-36(39,40)41)15-6-18-44-19-16-35(17-20-44)29-8-5-4-7-26(29)23-49(35)47/h4-5,7-14,21H,6,15-20,22-24H2,1-3H3/t34-,49?/m1/s1. The zero-order valence-electron chi connectivity index (χ0n) is 27.7. The first-order valence-corrected chi connectivity index (χ1v) is 18.2. The number of halogens is 5. The van der Waals surface area contributed by atoms with E-state index in [1.807, 2.05) is 25.1 Å². The number of fused-ring (bicyclic) bond motifs is 2. The summed E-state index contributed by atoms with van der Waals surface area (Å²) in [5.41, 5.74) is 2.43. The number of alkyl halides is 3. The minimum atomic E-state index is -4.71. The summed E-state index contributed by atoms with van der Waals surface area (Å²) < 4.78 is 58.6. The summed E-state index contributed by atoms with van der Waals surface area (Å²) in [6.45, 7) is 3.67. The van der Waals surface area contributed by atoms with Gasteiger partial charge in [-0.15, -0.1) is 0 Å². The molecule has 2 heterocycles. The molecule has 13 heteroatoms. The van der Waals surface area contributed by atoms with E-state index >= 15 is 0 Å². The molecule has 2 atom stereocenters. The molecule has 5 rings (SSSR count). The smallest absolute Gasteiger partial charge is 0.410 e. The third-order valence-corrected chi connectivity index (χ3v) is 12.6. The Morgan fingerprint density at radius 1 is 0.980 bits per heavy atom. The highest BCUT2D eigenvalue weighted by Gasteiger charge is 2.47. The van der Waals surface area contributed by atoms with Crippen LogP contribution in [0.2, 0.25) is 10.0 Å². The van der Waals surface area contributed by atoms with Crippen LogP contribution in [0.3, 0.4) is 0 Å². The second-order valence-electron chi connectivity index (χ2n) is 13.0. The quantitative estimate of drug-likeness (QED) is 0.211. The molecule has 0 N–H and O–H groups in total. The van der Waals surface area contributed by atoms with Crippen molar-refractivity contribution in [1.82, 2.24) is 14.7 Å². The van der Waals surface area contributed by atoms with E-state index in [4.69, 9.17) is 27.9 Å². The third-order valence-electron chi connectivity index (χ3n) is 9.83. The van der Waals surface area contributed by atoms with Crippen molar-refractivity contribution in [2.75, 3.05) is 40.3 Å². The number of aryl methyl sites for hydroxylation is 1. The first-order chi connectivity index (χ1) is 23.1. The summed E-state index contributed by atoms with van der Waals surface area (Å²) >= 11 is 12.7. The largest absolute Gasteiger partial charge is 0.415 e. The lowest BCUT2D eigenvalue weighted by Gasteiger charge is -2.45. The number of nitrogens with zero attached hydrogens (tertiary/aromatic N) is 3. The first-order valence-electron chi connectivity index (χ1n) is 16.1. The number of rotatable bonds is 10. The Morgan fingerprint density at radius 3 is 2.31 bits per heavy atom. The lowest BCUT2D eigenvalue weighted by atomic mass is 9.82. The Morgan fingerprint density at radius 2 is 1.65 bits per heavy atom. The summed E-state index contributed by atoms with van der Waals surface area (Å²) in [6.07, 6.45) is -4.85. The molecule has 1 saturated heterocycles. The van der Waals surface area contributed by atoms with Crippen LogP contribution in [0, 0.1) is 6.92 Å². The Hall–Kier alpha value is -3.12. The predicted molar refractivity (Wildman–Crippen MR) is 186 cm³/mol. The topological polar surface area (TPSA) is 70.2 Å². The molecule has 0 aromatic heterocycles. The number of likely N-dealkylation sites (N-methyl/N-ethyl adjacent to an activating group) is 2. The molecule has 1 unspecified atom stereocenters. The van der Waals surface area contributed by atoms with Gasteiger partial charge in [0.1, 0.15) is 12.2 Å². The summed E-state index contributed by atoms with van der Waals surface area (Å²) in [6, 6.07) is 19.8. The van der Waals surface area contributed by atoms with E-state index < -0.39 is 40.9 Å². The SMILES string of the molecule is Cc1ccc(OC(=O)N(C)[C@](CCCN2CCC3(CC2)c2ccccc2CS3=O)(CN(C)C(=O)CC(F)(F)F)c2ccc(Cl)c(Cl)c2)cc1. The number of ether oxygens (including phenoxy) is 1. The van der Waals surface area contributed by atoms with Crippen molar-refractivity contribution in [3.8, 4) is 5.75 Å².